The lowest BCUT2D eigenvalue weighted by atomic mass is 9.96. The first kappa shape index (κ1) is 75.0. The Bertz CT molecular complexity index is 1700. The van der Waals surface area contributed by atoms with Crippen LogP contribution in [0.15, 0.2) is 48.6 Å². The number of aliphatic hydroxyl groups excluding tert-OH is 11. The highest BCUT2D eigenvalue weighted by molar-refractivity contribution is 5.76. The minimum atomic E-state index is -1.98. The topological polar surface area (TPSA) is 307 Å². The van der Waals surface area contributed by atoms with E-state index in [1.54, 1.807) is 6.08 Å². The van der Waals surface area contributed by atoms with Gasteiger partial charge in [0.1, 0.15) is 73.2 Å². The highest BCUT2D eigenvalue weighted by atomic mass is 16.8. The van der Waals surface area contributed by atoms with E-state index in [1.807, 2.05) is 6.08 Å². The Morgan fingerprint density at radius 2 is 0.771 bits per heavy atom. The van der Waals surface area contributed by atoms with Crippen molar-refractivity contribution < 1.29 is 89.4 Å². The molecule has 0 bridgehead atoms. The van der Waals surface area contributed by atoms with Crippen LogP contribution in [0.5, 0.6) is 0 Å². The van der Waals surface area contributed by atoms with Crippen molar-refractivity contribution in [3.05, 3.63) is 48.6 Å². The summed E-state index contributed by atoms with van der Waals surface area (Å²) in [4.78, 5) is 13.4. The lowest BCUT2D eigenvalue weighted by molar-refractivity contribution is -0.379. The number of aliphatic hydroxyl groups is 11. The minimum Gasteiger partial charge on any atom is -0.394 e. The molecule has 3 rings (SSSR count). The number of ether oxygens (including phenoxy) is 6. The monoisotopic (exact) mass is 1190 g/mol. The Balaban J connectivity index is 1.50. The van der Waals surface area contributed by atoms with Crippen molar-refractivity contribution in [3.63, 3.8) is 0 Å². The molecule has 0 spiro atoms. The zero-order valence-electron chi connectivity index (χ0n) is 50.7. The van der Waals surface area contributed by atoms with E-state index in [4.69, 9.17) is 28.4 Å². The molecule has 0 aromatic heterocycles. The number of hydrogen-bond acceptors (Lipinski definition) is 18. The van der Waals surface area contributed by atoms with Gasteiger partial charge in [0.05, 0.1) is 38.6 Å². The Morgan fingerprint density at radius 3 is 1.20 bits per heavy atom. The van der Waals surface area contributed by atoms with Crippen molar-refractivity contribution in [2.75, 3.05) is 26.4 Å². The SMILES string of the molecule is CCCCCCCC/C=C\CCCCCCCCCCCC(=O)NC(COC1OC(CO)C(OC2OC(CO)C(OC3OC(CO)C(O)C(O)C3O)C(O)C2O)C(O)C1O)C(O)/C=C/CC/C=C/CC/C=C/CCCCCCCCCCC. The molecule has 0 aliphatic carbocycles. The molecule has 0 aromatic rings. The number of hydrogen-bond donors (Lipinski definition) is 12. The van der Waals surface area contributed by atoms with Crippen molar-refractivity contribution in [3.8, 4) is 0 Å². The average Bonchev–Trinajstić information content (AvgIpc) is 3.43. The van der Waals surface area contributed by atoms with Crippen LogP contribution in [0.2, 0.25) is 0 Å². The van der Waals surface area contributed by atoms with Crippen molar-refractivity contribution in [1.29, 1.82) is 0 Å². The molecule has 484 valence electrons. The first-order chi connectivity index (χ1) is 40.3. The van der Waals surface area contributed by atoms with Gasteiger partial charge in [-0.15, -0.1) is 0 Å². The van der Waals surface area contributed by atoms with E-state index in [1.165, 1.54) is 128 Å². The fourth-order valence-corrected chi connectivity index (χ4v) is 10.7. The second kappa shape index (κ2) is 46.8. The number of carbonyl (C=O) groups is 1. The molecule has 0 radical (unpaired) electrons. The maximum absolute atomic E-state index is 13.4. The summed E-state index contributed by atoms with van der Waals surface area (Å²) >= 11 is 0. The summed E-state index contributed by atoms with van der Waals surface area (Å²) in [5.41, 5.74) is 0. The van der Waals surface area contributed by atoms with E-state index in [-0.39, 0.29) is 18.9 Å². The summed E-state index contributed by atoms with van der Waals surface area (Å²) in [5.74, 6) is -0.292. The van der Waals surface area contributed by atoms with Crippen LogP contribution in [0.1, 0.15) is 219 Å². The molecule has 17 atom stereocenters. The summed E-state index contributed by atoms with van der Waals surface area (Å²) in [6.45, 7) is 1.69. The van der Waals surface area contributed by atoms with Gasteiger partial charge in [-0.1, -0.05) is 191 Å². The predicted molar refractivity (Wildman–Crippen MR) is 319 cm³/mol. The van der Waals surface area contributed by atoms with Gasteiger partial charge in [-0.05, 0) is 70.6 Å². The molecule has 17 unspecified atom stereocenters. The summed E-state index contributed by atoms with van der Waals surface area (Å²) in [6.07, 6.45) is 26.6. The number of carbonyl (C=O) groups excluding carboxylic acids is 1. The average molecular weight is 1190 g/mol. The van der Waals surface area contributed by atoms with Gasteiger partial charge in [0.2, 0.25) is 5.91 Å². The largest absolute Gasteiger partial charge is 0.394 e. The second-order valence-corrected chi connectivity index (χ2v) is 23.2. The number of unbranched alkanes of at least 4 members (excludes halogenated alkanes) is 26. The standard InChI is InChI=1S/C64H115NO18/c1-3-5-7-9-11-13-15-17-19-21-23-25-27-29-31-33-35-37-39-41-48(69)47(65-52(70)42-40-38-36-34-32-30-28-26-24-22-20-18-16-14-12-10-8-6-4-2)46-78-62-58(76)55(73)60(50(44-67)80-62)83-64-59(77)56(74)61(51(45-68)81-64)82-63-57(75)54(72)53(71)49(43-66)79-63/h18,20,23,25,31,33,39,41,47-51,53-64,66-69,71-77H,3-17,19,21-22,24,26-30,32,34-38,40,42-46H2,1-2H3,(H,65,70)/b20-18-,25-23+,33-31+,41-39+. The second-order valence-electron chi connectivity index (χ2n) is 23.2. The van der Waals surface area contributed by atoms with E-state index in [9.17, 15) is 61.0 Å². The third-order valence-electron chi connectivity index (χ3n) is 16.1. The zero-order valence-corrected chi connectivity index (χ0v) is 50.7. The number of rotatable bonds is 48. The van der Waals surface area contributed by atoms with Crippen LogP contribution >= 0.6 is 0 Å². The first-order valence-electron chi connectivity index (χ1n) is 32.4. The van der Waals surface area contributed by atoms with E-state index in [0.717, 1.165) is 57.8 Å². The van der Waals surface area contributed by atoms with Gasteiger partial charge in [-0.3, -0.25) is 4.79 Å². The van der Waals surface area contributed by atoms with Crippen LogP contribution in [-0.4, -0.2) is 193 Å². The fraction of sp³-hybridized carbons (Fsp3) is 0.859. The third-order valence-corrected chi connectivity index (χ3v) is 16.1. The smallest absolute Gasteiger partial charge is 0.220 e. The molecule has 83 heavy (non-hydrogen) atoms. The maximum Gasteiger partial charge on any atom is 0.220 e. The van der Waals surface area contributed by atoms with Crippen LogP contribution in [-0.2, 0) is 33.2 Å². The quantitative estimate of drug-likeness (QED) is 0.0215. The Morgan fingerprint density at radius 1 is 0.422 bits per heavy atom. The van der Waals surface area contributed by atoms with Gasteiger partial charge in [-0.25, -0.2) is 0 Å². The van der Waals surface area contributed by atoms with Crippen LogP contribution in [0.25, 0.3) is 0 Å². The van der Waals surface area contributed by atoms with Crippen LogP contribution in [0.4, 0.5) is 0 Å². The van der Waals surface area contributed by atoms with Gasteiger partial charge in [0.25, 0.3) is 0 Å². The van der Waals surface area contributed by atoms with Gasteiger partial charge in [0.15, 0.2) is 18.9 Å². The van der Waals surface area contributed by atoms with E-state index in [2.05, 4.69) is 55.6 Å². The van der Waals surface area contributed by atoms with Gasteiger partial charge in [-0.2, -0.15) is 0 Å². The zero-order chi connectivity index (χ0) is 60.5. The van der Waals surface area contributed by atoms with Crippen molar-refractivity contribution >= 4 is 5.91 Å². The van der Waals surface area contributed by atoms with E-state index < -0.39 is 124 Å². The molecule has 12 N–H and O–H groups in total. The van der Waals surface area contributed by atoms with Crippen LogP contribution in [0, 0.1) is 0 Å². The first-order valence-corrected chi connectivity index (χ1v) is 32.4. The molecule has 0 saturated carbocycles. The summed E-state index contributed by atoms with van der Waals surface area (Å²) in [7, 11) is 0. The molecule has 3 heterocycles. The lowest BCUT2D eigenvalue weighted by Crippen LogP contribution is -2.66. The summed E-state index contributed by atoms with van der Waals surface area (Å²) < 4.78 is 34.3. The third kappa shape index (κ3) is 30.0. The molecule has 3 aliphatic heterocycles. The molecule has 19 heteroatoms. The predicted octanol–water partition coefficient (Wildman–Crippen LogP) is 7.04. The number of nitrogens with one attached hydrogen (secondary N) is 1. The molecule has 3 fully saturated rings. The highest BCUT2D eigenvalue weighted by Gasteiger charge is 2.53. The molecule has 3 aliphatic rings. The van der Waals surface area contributed by atoms with E-state index in [0.29, 0.717) is 12.8 Å². The molecule has 0 aromatic carbocycles. The van der Waals surface area contributed by atoms with Crippen LogP contribution < -0.4 is 5.32 Å². The van der Waals surface area contributed by atoms with Crippen molar-refractivity contribution in [2.45, 2.75) is 324 Å². The highest BCUT2D eigenvalue weighted by Crippen LogP contribution is 2.33. The van der Waals surface area contributed by atoms with Crippen LogP contribution in [0.3, 0.4) is 0 Å². The molecule has 19 nitrogen and oxygen atoms in total. The fourth-order valence-electron chi connectivity index (χ4n) is 10.7. The van der Waals surface area contributed by atoms with Crippen molar-refractivity contribution in [1.82, 2.24) is 5.32 Å². The summed E-state index contributed by atoms with van der Waals surface area (Å²) in [5, 5.41) is 120. The number of allylic oxidation sites excluding steroid dienone is 7. The normalized spacial score (nSPS) is 29.7. The summed E-state index contributed by atoms with van der Waals surface area (Å²) in [6, 6.07) is -0.997. The molecular weight excluding hydrogens is 1070 g/mol. The van der Waals surface area contributed by atoms with E-state index >= 15 is 0 Å². The lowest BCUT2D eigenvalue weighted by Gasteiger charge is -2.48. The van der Waals surface area contributed by atoms with Gasteiger partial charge >= 0.3 is 0 Å². The molecule has 3 saturated heterocycles. The molecular formula is C64H115NO18. The molecule has 1 amide bonds. The Kier molecular flexibility index (Phi) is 42.3. The van der Waals surface area contributed by atoms with Crippen molar-refractivity contribution in [2.24, 2.45) is 0 Å². The van der Waals surface area contributed by atoms with Gasteiger partial charge < -0.3 is 89.9 Å². The van der Waals surface area contributed by atoms with Gasteiger partial charge in [0, 0.05) is 6.42 Å². The maximum atomic E-state index is 13.4. The number of amides is 1. The Hall–Kier alpha value is -2.25. The minimum absolute atomic E-state index is 0.229. The Labute approximate surface area is 497 Å².